The van der Waals surface area contributed by atoms with Crippen molar-refractivity contribution in [1.29, 1.82) is 0 Å². The number of ketones is 1. The Kier molecular flexibility index (Phi) is 7.01. The van der Waals surface area contributed by atoms with Crippen LogP contribution in [0.3, 0.4) is 0 Å². The average molecular weight is 504 g/mol. The molecule has 4 rings (SSSR count). The highest BCUT2D eigenvalue weighted by Gasteiger charge is 2.44. The van der Waals surface area contributed by atoms with Crippen LogP contribution in [0.25, 0.3) is 6.08 Å². The van der Waals surface area contributed by atoms with E-state index in [4.69, 9.17) is 28.4 Å². The van der Waals surface area contributed by atoms with Gasteiger partial charge in [-0.15, -0.1) is 0 Å². The van der Waals surface area contributed by atoms with Gasteiger partial charge in [0.1, 0.15) is 41.1 Å². The Morgan fingerprint density at radius 2 is 1.56 bits per heavy atom. The second kappa shape index (κ2) is 9.86. The minimum Gasteiger partial charge on any atom is -0.507 e. The Bertz CT molecular complexity index is 1180. The molecule has 0 aliphatic carbocycles. The lowest BCUT2D eigenvalue weighted by Crippen LogP contribution is -2.58. The van der Waals surface area contributed by atoms with E-state index in [0.29, 0.717) is 22.8 Å². The molecule has 36 heavy (non-hydrogen) atoms. The van der Waals surface area contributed by atoms with E-state index in [1.165, 1.54) is 47.3 Å². The number of Topliss-reactive ketones (excluding diaryl/α,β-unsaturated/α-hetero) is 1. The van der Waals surface area contributed by atoms with Crippen molar-refractivity contribution >= 4 is 11.9 Å². The molecule has 194 valence electrons. The van der Waals surface area contributed by atoms with E-state index in [0.717, 1.165) is 0 Å². The SMILES string of the molecule is COc1cc(C=C2Oc3cc(O)c(C)c(O[C@@H]4O[C@@H](C)[C@H](O)[C@@H](O)[C@H]4O)c3C2=O)cc(OC)c1OC. The van der Waals surface area contributed by atoms with Gasteiger partial charge in [-0.05, 0) is 37.6 Å². The summed E-state index contributed by atoms with van der Waals surface area (Å²) >= 11 is 0. The number of carbonyl (C=O) groups excluding carboxylic acids is 1. The van der Waals surface area contributed by atoms with Crippen LogP contribution in [0.5, 0.6) is 34.5 Å². The first kappa shape index (κ1) is 25.6. The maximum absolute atomic E-state index is 13.4. The Hall–Kier alpha value is -3.51. The fourth-order valence-corrected chi connectivity index (χ4v) is 4.11. The first-order valence-corrected chi connectivity index (χ1v) is 11.1. The van der Waals surface area contributed by atoms with E-state index in [1.54, 1.807) is 12.1 Å². The molecule has 2 aromatic carbocycles. The number of phenolic OH excluding ortho intramolecular Hbond substituents is 1. The summed E-state index contributed by atoms with van der Waals surface area (Å²) < 4.78 is 33.1. The molecular weight excluding hydrogens is 476 g/mol. The normalized spacial score (nSPS) is 26.4. The lowest BCUT2D eigenvalue weighted by atomic mass is 9.99. The van der Waals surface area contributed by atoms with E-state index >= 15 is 0 Å². The van der Waals surface area contributed by atoms with Crippen molar-refractivity contribution in [3.63, 3.8) is 0 Å². The highest BCUT2D eigenvalue weighted by molar-refractivity contribution is 6.16. The molecule has 2 aliphatic heterocycles. The van der Waals surface area contributed by atoms with Crippen molar-refractivity contribution in [2.75, 3.05) is 21.3 Å². The van der Waals surface area contributed by atoms with E-state index in [1.807, 2.05) is 0 Å². The second-order valence-corrected chi connectivity index (χ2v) is 8.42. The zero-order chi connectivity index (χ0) is 26.3. The zero-order valence-electron chi connectivity index (χ0n) is 20.3. The quantitative estimate of drug-likeness (QED) is 0.424. The summed E-state index contributed by atoms with van der Waals surface area (Å²) in [5.74, 6) is 0.264. The summed E-state index contributed by atoms with van der Waals surface area (Å²) in [5.41, 5.74) is 0.720. The molecule has 1 saturated heterocycles. The molecule has 11 heteroatoms. The predicted molar refractivity (Wildman–Crippen MR) is 125 cm³/mol. The van der Waals surface area contributed by atoms with Gasteiger partial charge in [0.05, 0.1) is 27.4 Å². The number of benzene rings is 2. The summed E-state index contributed by atoms with van der Waals surface area (Å²) in [5, 5.41) is 40.9. The number of rotatable bonds is 6. The fraction of sp³-hybridized carbons (Fsp3) is 0.400. The molecule has 0 bridgehead atoms. The lowest BCUT2D eigenvalue weighted by Gasteiger charge is -2.39. The highest BCUT2D eigenvalue weighted by Crippen LogP contribution is 2.46. The van der Waals surface area contributed by atoms with Crippen molar-refractivity contribution in [2.24, 2.45) is 0 Å². The summed E-state index contributed by atoms with van der Waals surface area (Å²) in [6, 6.07) is 4.55. The first-order valence-electron chi connectivity index (χ1n) is 11.1. The summed E-state index contributed by atoms with van der Waals surface area (Å²) in [6.07, 6.45) is -5.28. The van der Waals surface area contributed by atoms with E-state index in [2.05, 4.69) is 0 Å². The van der Waals surface area contributed by atoms with Crippen molar-refractivity contribution in [1.82, 2.24) is 0 Å². The van der Waals surface area contributed by atoms with Crippen LogP contribution < -0.4 is 23.7 Å². The number of methoxy groups -OCH3 is 3. The van der Waals surface area contributed by atoms with E-state index < -0.39 is 36.5 Å². The van der Waals surface area contributed by atoms with Gasteiger partial charge < -0.3 is 48.8 Å². The van der Waals surface area contributed by atoms with Crippen LogP contribution in [-0.4, -0.2) is 78.2 Å². The Morgan fingerprint density at radius 1 is 0.917 bits per heavy atom. The molecule has 11 nitrogen and oxygen atoms in total. The summed E-state index contributed by atoms with van der Waals surface area (Å²) in [6.45, 7) is 3.02. The number of hydrogen-bond donors (Lipinski definition) is 4. The minimum absolute atomic E-state index is 0.00746. The topological polar surface area (TPSA) is 153 Å². The van der Waals surface area contributed by atoms with Gasteiger partial charge in [-0.1, -0.05) is 0 Å². The number of ether oxygens (including phenoxy) is 6. The van der Waals surface area contributed by atoms with Gasteiger partial charge in [0.2, 0.25) is 17.8 Å². The molecule has 0 spiro atoms. The number of phenols is 1. The Balaban J connectivity index is 1.72. The first-order chi connectivity index (χ1) is 17.1. The number of aliphatic hydroxyl groups excluding tert-OH is 3. The molecular formula is C25H28O11. The molecule has 0 radical (unpaired) electrons. The summed E-state index contributed by atoms with van der Waals surface area (Å²) in [4.78, 5) is 13.4. The number of aromatic hydroxyl groups is 1. The van der Waals surface area contributed by atoms with Gasteiger partial charge >= 0.3 is 0 Å². The monoisotopic (exact) mass is 504 g/mol. The molecule has 2 aromatic rings. The number of aliphatic hydroxyl groups is 3. The molecule has 2 heterocycles. The third-order valence-corrected chi connectivity index (χ3v) is 6.16. The molecule has 0 amide bonds. The average Bonchev–Trinajstić information content (AvgIpc) is 3.16. The Labute approximate surface area is 207 Å². The summed E-state index contributed by atoms with van der Waals surface area (Å²) in [7, 11) is 4.41. The third-order valence-electron chi connectivity index (χ3n) is 6.16. The standard InChI is InChI=1S/C25H28O11/c1-10-13(26)9-14-18(23(10)36-25-22(30)21(29)19(27)11(2)34-25)20(28)15(35-14)6-12-7-16(31-3)24(33-5)17(8-12)32-4/h6-9,11,19,21-22,25-27,29-30H,1-5H3/t11-,19-,21+,22+,25-/m0/s1. The van der Waals surface area contributed by atoms with Gasteiger partial charge in [-0.2, -0.15) is 0 Å². The van der Waals surface area contributed by atoms with Gasteiger partial charge in [-0.3, -0.25) is 4.79 Å². The predicted octanol–water partition coefficient (Wildman–Crippen LogP) is 1.55. The van der Waals surface area contributed by atoms with Gasteiger partial charge in [0.15, 0.2) is 17.3 Å². The molecule has 4 N–H and O–H groups in total. The molecule has 0 aromatic heterocycles. The van der Waals surface area contributed by atoms with Gasteiger partial charge in [0.25, 0.3) is 0 Å². The van der Waals surface area contributed by atoms with Crippen molar-refractivity contribution in [2.45, 2.75) is 44.6 Å². The molecule has 1 fully saturated rings. The van der Waals surface area contributed by atoms with Crippen LogP contribution in [0, 0.1) is 6.92 Å². The van der Waals surface area contributed by atoms with E-state index in [-0.39, 0.29) is 34.1 Å². The Morgan fingerprint density at radius 3 is 2.14 bits per heavy atom. The van der Waals surface area contributed by atoms with E-state index in [9.17, 15) is 25.2 Å². The van der Waals surface area contributed by atoms with Gasteiger partial charge in [-0.25, -0.2) is 0 Å². The minimum atomic E-state index is -1.61. The smallest absolute Gasteiger partial charge is 0.235 e. The molecule has 5 atom stereocenters. The van der Waals surface area contributed by atoms with Crippen LogP contribution in [0.15, 0.2) is 24.0 Å². The van der Waals surface area contributed by atoms with Crippen molar-refractivity contribution < 1.29 is 53.6 Å². The number of hydrogen-bond acceptors (Lipinski definition) is 11. The van der Waals surface area contributed by atoms with Crippen molar-refractivity contribution in [3.8, 4) is 34.5 Å². The van der Waals surface area contributed by atoms with Crippen LogP contribution >= 0.6 is 0 Å². The largest absolute Gasteiger partial charge is 0.507 e. The third kappa shape index (κ3) is 4.30. The van der Waals surface area contributed by atoms with Crippen LogP contribution in [-0.2, 0) is 4.74 Å². The molecule has 0 unspecified atom stereocenters. The lowest BCUT2D eigenvalue weighted by molar-refractivity contribution is -0.268. The van der Waals surface area contributed by atoms with Crippen LogP contribution in [0.4, 0.5) is 0 Å². The maximum Gasteiger partial charge on any atom is 0.235 e. The zero-order valence-corrected chi connectivity index (χ0v) is 20.3. The maximum atomic E-state index is 13.4. The molecule has 0 saturated carbocycles. The van der Waals surface area contributed by atoms with Crippen LogP contribution in [0.2, 0.25) is 0 Å². The number of allylic oxidation sites excluding steroid dienone is 1. The van der Waals surface area contributed by atoms with Crippen molar-refractivity contribution in [3.05, 3.63) is 40.6 Å². The second-order valence-electron chi connectivity index (χ2n) is 8.42. The fourth-order valence-electron chi connectivity index (χ4n) is 4.11. The number of carbonyl (C=O) groups is 1. The number of fused-ring (bicyclic) bond motifs is 1. The van der Waals surface area contributed by atoms with Crippen LogP contribution in [0.1, 0.15) is 28.4 Å². The highest BCUT2D eigenvalue weighted by atomic mass is 16.7. The molecule has 2 aliphatic rings. The van der Waals surface area contributed by atoms with Gasteiger partial charge in [0, 0.05) is 11.6 Å².